The maximum atomic E-state index is 12.3. The lowest BCUT2D eigenvalue weighted by molar-refractivity contribution is -0.123. The first-order chi connectivity index (χ1) is 11.7. The quantitative estimate of drug-likeness (QED) is 0.402. The van der Waals surface area contributed by atoms with Crippen LogP contribution in [0.2, 0.25) is 0 Å². The van der Waals surface area contributed by atoms with Crippen LogP contribution in [-0.2, 0) is 13.9 Å². The van der Waals surface area contributed by atoms with E-state index < -0.39 is 19.5 Å². The SMILES string of the molecule is CCCCCCCC(=O)NC(c1ccccc1)C(C)(C)OP(=O)(O)O. The van der Waals surface area contributed by atoms with Gasteiger partial charge < -0.3 is 15.1 Å². The number of nitrogens with one attached hydrogen (secondary N) is 1. The van der Waals surface area contributed by atoms with E-state index in [1.54, 1.807) is 26.0 Å². The zero-order valence-electron chi connectivity index (χ0n) is 15.3. The first-order valence-corrected chi connectivity index (χ1v) is 10.3. The van der Waals surface area contributed by atoms with Crippen LogP contribution in [0.1, 0.15) is 70.9 Å². The highest BCUT2D eigenvalue weighted by atomic mass is 31.2. The summed E-state index contributed by atoms with van der Waals surface area (Å²) in [7, 11) is -4.69. The molecule has 7 heteroatoms. The molecule has 0 bridgehead atoms. The summed E-state index contributed by atoms with van der Waals surface area (Å²) < 4.78 is 16.3. The Morgan fingerprint density at radius 3 is 2.32 bits per heavy atom. The molecule has 0 saturated heterocycles. The maximum absolute atomic E-state index is 12.3. The highest BCUT2D eigenvalue weighted by Crippen LogP contribution is 2.45. The number of carbonyl (C=O) groups excluding carboxylic acids is 1. The second kappa shape index (κ2) is 10.1. The zero-order chi connectivity index (χ0) is 18.9. The average Bonchev–Trinajstić information content (AvgIpc) is 2.51. The first kappa shape index (κ1) is 21.8. The molecule has 142 valence electrons. The lowest BCUT2D eigenvalue weighted by Crippen LogP contribution is -2.43. The molecule has 25 heavy (non-hydrogen) atoms. The predicted octanol–water partition coefficient (Wildman–Crippen LogP) is 4.09. The van der Waals surface area contributed by atoms with Crippen LogP contribution >= 0.6 is 7.82 Å². The summed E-state index contributed by atoms with van der Waals surface area (Å²) >= 11 is 0. The Kier molecular flexibility index (Phi) is 8.80. The molecular weight excluding hydrogens is 341 g/mol. The molecule has 0 heterocycles. The Bertz CT molecular complexity index is 570. The van der Waals surface area contributed by atoms with E-state index in [4.69, 9.17) is 4.52 Å². The van der Waals surface area contributed by atoms with Gasteiger partial charge in [0.25, 0.3) is 0 Å². The largest absolute Gasteiger partial charge is 0.470 e. The van der Waals surface area contributed by atoms with E-state index in [0.717, 1.165) is 37.7 Å². The van der Waals surface area contributed by atoms with E-state index in [0.29, 0.717) is 6.42 Å². The van der Waals surface area contributed by atoms with Crippen molar-refractivity contribution in [2.45, 2.75) is 70.9 Å². The third kappa shape index (κ3) is 8.63. The molecule has 0 radical (unpaired) electrons. The van der Waals surface area contributed by atoms with Gasteiger partial charge in [0.1, 0.15) is 0 Å². The molecule has 1 aromatic rings. The second-order valence-corrected chi connectivity index (χ2v) is 7.92. The first-order valence-electron chi connectivity index (χ1n) is 8.76. The molecule has 3 N–H and O–H groups in total. The Balaban J connectivity index is 2.79. The van der Waals surface area contributed by atoms with Crippen LogP contribution in [-0.4, -0.2) is 21.3 Å². The predicted molar refractivity (Wildman–Crippen MR) is 97.9 cm³/mol. The highest BCUT2D eigenvalue weighted by molar-refractivity contribution is 7.46. The number of carbonyl (C=O) groups is 1. The maximum Gasteiger partial charge on any atom is 0.470 e. The fourth-order valence-corrected chi connectivity index (χ4v) is 3.50. The Labute approximate surface area is 150 Å². The summed E-state index contributed by atoms with van der Waals surface area (Å²) in [5.41, 5.74) is -0.529. The number of hydrogen-bond acceptors (Lipinski definition) is 3. The molecule has 0 aliphatic heterocycles. The Hall–Kier alpha value is -1.20. The number of phosphoric acid groups is 1. The average molecular weight is 371 g/mol. The second-order valence-electron chi connectivity index (χ2n) is 6.76. The van der Waals surface area contributed by atoms with E-state index in [1.165, 1.54) is 0 Å². The van der Waals surface area contributed by atoms with Gasteiger partial charge in [-0.2, -0.15) is 0 Å². The fourth-order valence-electron chi connectivity index (χ4n) is 2.79. The van der Waals surface area contributed by atoms with E-state index in [-0.39, 0.29) is 5.91 Å². The van der Waals surface area contributed by atoms with Crippen LogP contribution in [0.4, 0.5) is 0 Å². The van der Waals surface area contributed by atoms with Crippen LogP contribution in [0.3, 0.4) is 0 Å². The van der Waals surface area contributed by atoms with Crippen molar-refractivity contribution in [1.29, 1.82) is 0 Å². The van der Waals surface area contributed by atoms with Gasteiger partial charge in [-0.1, -0.05) is 62.9 Å². The smallest absolute Gasteiger partial charge is 0.346 e. The fraction of sp³-hybridized carbons (Fsp3) is 0.611. The third-order valence-corrected chi connectivity index (χ3v) is 4.70. The van der Waals surface area contributed by atoms with Crippen LogP contribution in [0, 0.1) is 0 Å². The van der Waals surface area contributed by atoms with Crippen molar-refractivity contribution in [3.05, 3.63) is 35.9 Å². The van der Waals surface area contributed by atoms with Crippen molar-refractivity contribution in [2.75, 3.05) is 0 Å². The van der Waals surface area contributed by atoms with Crippen LogP contribution in [0.15, 0.2) is 30.3 Å². The van der Waals surface area contributed by atoms with Crippen molar-refractivity contribution < 1.29 is 23.7 Å². The van der Waals surface area contributed by atoms with E-state index in [2.05, 4.69) is 12.2 Å². The summed E-state index contributed by atoms with van der Waals surface area (Å²) in [4.78, 5) is 30.7. The van der Waals surface area contributed by atoms with Gasteiger partial charge in [-0.15, -0.1) is 0 Å². The number of benzene rings is 1. The van der Waals surface area contributed by atoms with Crippen LogP contribution < -0.4 is 5.32 Å². The van der Waals surface area contributed by atoms with Gasteiger partial charge >= 0.3 is 7.82 Å². The molecule has 6 nitrogen and oxygen atoms in total. The van der Waals surface area contributed by atoms with E-state index >= 15 is 0 Å². The van der Waals surface area contributed by atoms with Crippen molar-refractivity contribution in [2.24, 2.45) is 0 Å². The highest BCUT2D eigenvalue weighted by Gasteiger charge is 2.38. The monoisotopic (exact) mass is 371 g/mol. The standard InChI is InChI=1S/C18H30NO5P/c1-4-5-6-7-11-14-16(20)19-17(15-12-9-8-10-13-15)18(2,3)24-25(21,22)23/h8-10,12-13,17H,4-7,11,14H2,1-3H3,(H,19,20)(H2,21,22,23). The number of unbranched alkanes of at least 4 members (excludes halogenated alkanes) is 4. The number of amides is 1. The third-order valence-electron chi connectivity index (χ3n) is 4.00. The zero-order valence-corrected chi connectivity index (χ0v) is 16.2. The number of hydrogen-bond donors (Lipinski definition) is 3. The summed E-state index contributed by atoms with van der Waals surface area (Å²) in [6.07, 6.45) is 5.61. The molecule has 0 aliphatic carbocycles. The van der Waals surface area contributed by atoms with Crippen molar-refractivity contribution >= 4 is 13.7 Å². The van der Waals surface area contributed by atoms with Crippen molar-refractivity contribution in [1.82, 2.24) is 5.32 Å². The summed E-state index contributed by atoms with van der Waals surface area (Å²) in [6, 6.07) is 8.41. The summed E-state index contributed by atoms with van der Waals surface area (Å²) in [5, 5.41) is 2.88. The van der Waals surface area contributed by atoms with Gasteiger partial charge in [0.15, 0.2) is 0 Å². The molecule has 1 unspecified atom stereocenters. The van der Waals surface area contributed by atoms with Gasteiger partial charge in [-0.3, -0.25) is 9.32 Å². The van der Waals surface area contributed by atoms with Crippen molar-refractivity contribution in [3.63, 3.8) is 0 Å². The number of phosphoric ester groups is 1. The van der Waals surface area contributed by atoms with Gasteiger partial charge in [-0.05, 0) is 25.8 Å². The van der Waals surface area contributed by atoms with Gasteiger partial charge in [0, 0.05) is 6.42 Å². The minimum absolute atomic E-state index is 0.146. The van der Waals surface area contributed by atoms with Gasteiger partial charge in [0.2, 0.25) is 5.91 Å². The molecule has 1 aromatic carbocycles. The topological polar surface area (TPSA) is 95.9 Å². The molecule has 0 fully saturated rings. The van der Waals surface area contributed by atoms with Gasteiger partial charge in [0.05, 0.1) is 11.6 Å². The van der Waals surface area contributed by atoms with E-state index in [1.807, 2.05) is 18.2 Å². The lowest BCUT2D eigenvalue weighted by Gasteiger charge is -2.35. The van der Waals surface area contributed by atoms with E-state index in [9.17, 15) is 19.1 Å². The molecule has 0 aromatic heterocycles. The summed E-state index contributed by atoms with van der Waals surface area (Å²) in [6.45, 7) is 5.26. The number of rotatable bonds is 11. The Morgan fingerprint density at radius 2 is 1.76 bits per heavy atom. The molecule has 1 rings (SSSR count). The molecule has 1 amide bonds. The molecule has 1 atom stereocenters. The summed E-state index contributed by atoms with van der Waals surface area (Å²) in [5.74, 6) is -0.146. The normalized spacial score (nSPS) is 13.5. The van der Waals surface area contributed by atoms with Gasteiger partial charge in [-0.25, -0.2) is 4.57 Å². The molecule has 0 aliphatic rings. The molecule has 0 spiro atoms. The van der Waals surface area contributed by atoms with Crippen LogP contribution in [0.25, 0.3) is 0 Å². The lowest BCUT2D eigenvalue weighted by atomic mass is 9.91. The minimum Gasteiger partial charge on any atom is -0.346 e. The molecular formula is C18H30NO5P. The Morgan fingerprint density at radius 1 is 1.16 bits per heavy atom. The minimum atomic E-state index is -4.69. The van der Waals surface area contributed by atoms with Crippen LogP contribution in [0.5, 0.6) is 0 Å². The van der Waals surface area contributed by atoms with Crippen molar-refractivity contribution in [3.8, 4) is 0 Å². The molecule has 0 saturated carbocycles.